The highest BCUT2D eigenvalue weighted by Crippen LogP contribution is 2.23. The molecule has 1 amide bonds. The van der Waals surface area contributed by atoms with E-state index in [-0.39, 0.29) is 5.91 Å². The summed E-state index contributed by atoms with van der Waals surface area (Å²) < 4.78 is 12.2. The molecule has 1 N–H and O–H groups in total. The van der Waals surface area contributed by atoms with E-state index in [9.17, 15) is 9.00 Å². The summed E-state index contributed by atoms with van der Waals surface area (Å²) in [7, 11) is 2.30. The molecule has 0 radical (unpaired) electrons. The van der Waals surface area contributed by atoms with Crippen LogP contribution in [0.1, 0.15) is 6.42 Å². The molecule has 0 aromatic heterocycles. The van der Waals surface area contributed by atoms with Crippen LogP contribution in [0.3, 0.4) is 0 Å². The average molecular weight is 337 g/mol. The molecule has 4 nitrogen and oxygen atoms in total. The maximum absolute atomic E-state index is 12.2. The number of amides is 1. The van der Waals surface area contributed by atoms with Crippen molar-refractivity contribution in [1.29, 1.82) is 0 Å². The van der Waals surface area contributed by atoms with Crippen LogP contribution in [-0.4, -0.2) is 48.0 Å². The zero-order valence-electron chi connectivity index (χ0n) is 11.5. The molecule has 0 aliphatic heterocycles. The van der Waals surface area contributed by atoms with Crippen LogP contribution < -0.4 is 5.32 Å². The van der Waals surface area contributed by atoms with Crippen molar-refractivity contribution in [3.8, 4) is 0 Å². The summed E-state index contributed by atoms with van der Waals surface area (Å²) in [6.07, 6.45) is 0.428. The van der Waals surface area contributed by atoms with E-state index in [2.05, 4.69) is 5.32 Å². The van der Waals surface area contributed by atoms with Gasteiger partial charge in [-0.15, -0.1) is 0 Å². The number of halogens is 2. The fraction of sp³-hybridized carbons (Fsp3) is 0.462. The van der Waals surface area contributed by atoms with Gasteiger partial charge in [-0.25, -0.2) is 0 Å². The van der Waals surface area contributed by atoms with Gasteiger partial charge in [-0.3, -0.25) is 9.00 Å². The van der Waals surface area contributed by atoms with E-state index in [4.69, 9.17) is 23.2 Å². The van der Waals surface area contributed by atoms with Crippen LogP contribution in [0, 0.1) is 0 Å². The van der Waals surface area contributed by atoms with Gasteiger partial charge < -0.3 is 10.2 Å². The van der Waals surface area contributed by atoms with Gasteiger partial charge in [0.05, 0.1) is 20.7 Å². The summed E-state index contributed by atoms with van der Waals surface area (Å²) >= 11 is 11.9. The van der Waals surface area contributed by atoms with Crippen molar-refractivity contribution in [2.75, 3.05) is 32.9 Å². The summed E-state index contributed by atoms with van der Waals surface area (Å²) in [6.45, 7) is 1.24. The number of nitrogens with zero attached hydrogens (tertiary/aromatic N) is 1. The molecule has 0 spiro atoms. The fourth-order valence-corrected chi connectivity index (χ4v) is 3.38. The summed E-state index contributed by atoms with van der Waals surface area (Å²) in [5.74, 6) is 0.445. The quantitative estimate of drug-likeness (QED) is 0.830. The fourth-order valence-electron chi connectivity index (χ4n) is 1.53. The number of rotatable bonds is 7. The molecule has 0 saturated heterocycles. The Balaban J connectivity index is 2.46. The lowest BCUT2D eigenvalue weighted by molar-refractivity contribution is -0.120. The number of hydrogen-bond acceptors (Lipinski definition) is 3. The second kappa shape index (κ2) is 8.62. The Morgan fingerprint density at radius 1 is 1.35 bits per heavy atom. The molecule has 112 valence electrons. The van der Waals surface area contributed by atoms with Crippen molar-refractivity contribution in [3.05, 3.63) is 28.2 Å². The number of hydrogen-bond donors (Lipinski definition) is 1. The van der Waals surface area contributed by atoms with Gasteiger partial charge in [0.25, 0.3) is 0 Å². The maximum atomic E-state index is 12.2. The molecule has 0 aliphatic carbocycles. The average Bonchev–Trinajstić information content (AvgIpc) is 2.44. The first-order chi connectivity index (χ1) is 9.43. The van der Waals surface area contributed by atoms with E-state index in [1.54, 1.807) is 25.2 Å². The van der Waals surface area contributed by atoms with Gasteiger partial charge in [0, 0.05) is 37.3 Å². The highest BCUT2D eigenvalue weighted by molar-refractivity contribution is 7.85. The van der Waals surface area contributed by atoms with Crippen molar-refractivity contribution >= 4 is 39.9 Å². The Morgan fingerprint density at radius 2 is 2.05 bits per heavy atom. The highest BCUT2D eigenvalue weighted by Gasteiger charge is 2.11. The summed E-state index contributed by atoms with van der Waals surface area (Å²) in [5, 5.41) is 3.55. The third kappa shape index (κ3) is 5.79. The van der Waals surface area contributed by atoms with Crippen LogP contribution in [0.25, 0.3) is 0 Å². The van der Waals surface area contributed by atoms with Crippen molar-refractivity contribution < 1.29 is 9.00 Å². The molecule has 0 heterocycles. The van der Waals surface area contributed by atoms with Gasteiger partial charge >= 0.3 is 0 Å². The number of carbonyl (C=O) groups is 1. The first-order valence-corrected chi connectivity index (χ1v) is 8.24. The Kier molecular flexibility index (Phi) is 7.51. The Labute approximate surface area is 131 Å². The second-order valence-electron chi connectivity index (χ2n) is 4.35. The molecule has 1 rings (SSSR count). The second-order valence-corrected chi connectivity index (χ2v) is 6.73. The van der Waals surface area contributed by atoms with Crippen LogP contribution in [0.15, 0.2) is 23.1 Å². The van der Waals surface area contributed by atoms with Gasteiger partial charge in [-0.1, -0.05) is 23.2 Å². The lowest BCUT2D eigenvalue weighted by Gasteiger charge is -2.15. The van der Waals surface area contributed by atoms with Crippen LogP contribution in [0.4, 0.5) is 0 Å². The predicted molar refractivity (Wildman–Crippen MR) is 83.9 cm³/mol. The lowest BCUT2D eigenvalue weighted by atomic mass is 10.4. The van der Waals surface area contributed by atoms with Gasteiger partial charge in [0.2, 0.25) is 5.91 Å². The van der Waals surface area contributed by atoms with Crippen molar-refractivity contribution in [3.63, 3.8) is 0 Å². The standard InChI is InChI=1S/C13H18Cl2N2O2S/c1-16-13(18)5-6-17(2)7-8-20(19)12-9-10(14)3-4-11(12)15/h3-4,9H,5-8H2,1-2H3,(H,16,18)/t20-/m0/s1. The highest BCUT2D eigenvalue weighted by atomic mass is 35.5. The summed E-state index contributed by atoms with van der Waals surface area (Å²) in [4.78, 5) is 13.6. The summed E-state index contributed by atoms with van der Waals surface area (Å²) in [5.41, 5.74) is 0. The number of benzene rings is 1. The van der Waals surface area contributed by atoms with Gasteiger partial charge in [0.1, 0.15) is 0 Å². The third-order valence-electron chi connectivity index (χ3n) is 2.80. The topological polar surface area (TPSA) is 49.4 Å². The lowest BCUT2D eigenvalue weighted by Crippen LogP contribution is -2.29. The molecule has 0 unspecified atom stereocenters. The van der Waals surface area contributed by atoms with Crippen molar-refractivity contribution in [2.45, 2.75) is 11.3 Å². The SMILES string of the molecule is CNC(=O)CCN(C)CC[S@](=O)c1cc(Cl)ccc1Cl. The predicted octanol–water partition coefficient (Wildman–Crippen LogP) is 2.17. The molecule has 0 saturated carbocycles. The van der Waals surface area contributed by atoms with Gasteiger partial charge in [-0.2, -0.15) is 0 Å². The minimum Gasteiger partial charge on any atom is -0.359 e. The third-order valence-corrected chi connectivity index (χ3v) is 4.85. The molecule has 1 atom stereocenters. The smallest absolute Gasteiger partial charge is 0.221 e. The normalized spacial score (nSPS) is 12.4. The van der Waals surface area contributed by atoms with E-state index in [1.807, 2.05) is 11.9 Å². The monoisotopic (exact) mass is 336 g/mol. The van der Waals surface area contributed by atoms with Crippen molar-refractivity contribution in [1.82, 2.24) is 10.2 Å². The van der Waals surface area contributed by atoms with E-state index in [0.717, 1.165) is 0 Å². The van der Waals surface area contributed by atoms with Gasteiger partial charge in [0.15, 0.2) is 0 Å². The molecular formula is C13H18Cl2N2O2S. The van der Waals surface area contributed by atoms with E-state index in [0.29, 0.717) is 40.2 Å². The van der Waals surface area contributed by atoms with E-state index >= 15 is 0 Å². The van der Waals surface area contributed by atoms with Crippen molar-refractivity contribution in [2.24, 2.45) is 0 Å². The van der Waals surface area contributed by atoms with Crippen LogP contribution in [-0.2, 0) is 15.6 Å². The van der Waals surface area contributed by atoms with Crippen LogP contribution in [0.5, 0.6) is 0 Å². The molecule has 7 heteroatoms. The zero-order valence-corrected chi connectivity index (χ0v) is 13.8. The van der Waals surface area contributed by atoms with E-state index < -0.39 is 10.8 Å². The maximum Gasteiger partial charge on any atom is 0.221 e. The molecule has 0 fully saturated rings. The van der Waals surface area contributed by atoms with Crippen LogP contribution in [0.2, 0.25) is 10.0 Å². The molecule has 0 aliphatic rings. The molecule has 20 heavy (non-hydrogen) atoms. The molecular weight excluding hydrogens is 319 g/mol. The molecule has 1 aromatic rings. The van der Waals surface area contributed by atoms with E-state index in [1.165, 1.54) is 0 Å². The minimum absolute atomic E-state index is 0.00384. The zero-order chi connectivity index (χ0) is 15.1. The first kappa shape index (κ1) is 17.4. The summed E-state index contributed by atoms with van der Waals surface area (Å²) in [6, 6.07) is 4.94. The number of carbonyl (C=O) groups excluding carboxylic acids is 1. The minimum atomic E-state index is -1.20. The Bertz CT molecular complexity index is 497. The largest absolute Gasteiger partial charge is 0.359 e. The molecule has 1 aromatic carbocycles. The Hall–Kier alpha value is -0.620. The number of nitrogens with one attached hydrogen (secondary N) is 1. The van der Waals surface area contributed by atoms with Crippen LogP contribution >= 0.6 is 23.2 Å². The van der Waals surface area contributed by atoms with Gasteiger partial charge in [-0.05, 0) is 25.2 Å². The Morgan fingerprint density at radius 3 is 2.70 bits per heavy atom. The molecule has 0 bridgehead atoms. The first-order valence-electron chi connectivity index (χ1n) is 6.16.